The lowest BCUT2D eigenvalue weighted by Crippen LogP contribution is -2.30. The van der Waals surface area contributed by atoms with E-state index in [1.165, 1.54) is 6.33 Å². The summed E-state index contributed by atoms with van der Waals surface area (Å²) in [6, 6.07) is 14.9. The van der Waals surface area contributed by atoms with E-state index in [1.807, 2.05) is 42.3 Å². The van der Waals surface area contributed by atoms with Crippen LogP contribution in [0.25, 0.3) is 5.69 Å². The fraction of sp³-hybridized carbons (Fsp3) is 0.118. The monoisotopic (exact) mass is 341 g/mol. The summed E-state index contributed by atoms with van der Waals surface area (Å²) in [5.74, 6) is -0.148. The first-order valence-electron chi connectivity index (χ1n) is 7.34. The Morgan fingerprint density at radius 1 is 1.25 bits per heavy atom. The van der Waals surface area contributed by atoms with Crippen LogP contribution in [0, 0.1) is 0 Å². The van der Waals surface area contributed by atoms with Crippen LogP contribution in [0.1, 0.15) is 0 Å². The number of likely N-dealkylation sites (N-methyl/N-ethyl adjacent to an activating group) is 1. The fourth-order valence-corrected chi connectivity index (χ4v) is 2.49. The molecule has 0 spiro atoms. The van der Waals surface area contributed by atoms with E-state index in [2.05, 4.69) is 15.4 Å². The van der Waals surface area contributed by atoms with Crippen LogP contribution < -0.4 is 10.2 Å². The molecule has 2 aromatic carbocycles. The van der Waals surface area contributed by atoms with Gasteiger partial charge in [0, 0.05) is 17.8 Å². The summed E-state index contributed by atoms with van der Waals surface area (Å²) < 4.78 is 1.58. The highest BCUT2D eigenvalue weighted by atomic mass is 35.5. The van der Waals surface area contributed by atoms with E-state index < -0.39 is 0 Å². The summed E-state index contributed by atoms with van der Waals surface area (Å²) in [5.41, 5.74) is 2.25. The minimum atomic E-state index is -0.148. The Morgan fingerprint density at radius 3 is 2.75 bits per heavy atom. The fourth-order valence-electron chi connectivity index (χ4n) is 2.32. The summed E-state index contributed by atoms with van der Waals surface area (Å²) in [7, 11) is 1.87. The highest BCUT2D eigenvalue weighted by molar-refractivity contribution is 6.31. The first-order valence-corrected chi connectivity index (χ1v) is 7.72. The van der Waals surface area contributed by atoms with Crippen LogP contribution in [0.4, 0.5) is 11.4 Å². The summed E-state index contributed by atoms with van der Waals surface area (Å²) in [5, 5.41) is 7.51. The van der Waals surface area contributed by atoms with Crippen molar-refractivity contribution < 1.29 is 4.79 Å². The van der Waals surface area contributed by atoms with Gasteiger partial charge < -0.3 is 10.2 Å². The third kappa shape index (κ3) is 3.72. The molecule has 0 aliphatic heterocycles. The van der Waals surface area contributed by atoms with Crippen molar-refractivity contribution in [2.75, 3.05) is 23.8 Å². The minimum absolute atomic E-state index is 0.148. The lowest BCUT2D eigenvalue weighted by atomic mass is 10.2. The second-order valence-corrected chi connectivity index (χ2v) is 5.68. The van der Waals surface area contributed by atoms with Crippen molar-refractivity contribution in [1.29, 1.82) is 0 Å². The van der Waals surface area contributed by atoms with Crippen LogP contribution in [0.3, 0.4) is 0 Å². The van der Waals surface area contributed by atoms with Gasteiger partial charge >= 0.3 is 0 Å². The quantitative estimate of drug-likeness (QED) is 0.775. The maximum atomic E-state index is 12.4. The Labute approximate surface area is 144 Å². The van der Waals surface area contributed by atoms with E-state index >= 15 is 0 Å². The molecular weight excluding hydrogens is 326 g/mol. The first-order chi connectivity index (χ1) is 11.6. The average Bonchev–Trinajstić information content (AvgIpc) is 3.10. The van der Waals surface area contributed by atoms with Crippen LogP contribution in [0.15, 0.2) is 61.2 Å². The van der Waals surface area contributed by atoms with E-state index in [0.29, 0.717) is 16.4 Å². The topological polar surface area (TPSA) is 63.1 Å². The standard InChI is InChI=1S/C17H16ClN5O/c1-22(14-5-3-2-4-6-14)10-17(24)21-15-9-13(18)7-8-16(15)23-12-19-11-20-23/h2-9,11-12H,10H2,1H3,(H,21,24). The maximum Gasteiger partial charge on any atom is 0.243 e. The molecule has 0 bridgehead atoms. The highest BCUT2D eigenvalue weighted by Crippen LogP contribution is 2.24. The Hall–Kier alpha value is -2.86. The number of para-hydroxylation sites is 1. The van der Waals surface area contributed by atoms with Gasteiger partial charge in [0.2, 0.25) is 5.91 Å². The van der Waals surface area contributed by atoms with E-state index in [-0.39, 0.29) is 12.5 Å². The summed E-state index contributed by atoms with van der Waals surface area (Å²) in [4.78, 5) is 18.2. The number of hydrogen-bond acceptors (Lipinski definition) is 4. The van der Waals surface area contributed by atoms with Gasteiger partial charge in [-0.05, 0) is 30.3 Å². The van der Waals surface area contributed by atoms with E-state index in [4.69, 9.17) is 11.6 Å². The summed E-state index contributed by atoms with van der Waals surface area (Å²) in [6.07, 6.45) is 3.00. The van der Waals surface area contributed by atoms with Crippen molar-refractivity contribution in [3.8, 4) is 5.69 Å². The van der Waals surface area contributed by atoms with E-state index in [9.17, 15) is 4.79 Å². The van der Waals surface area contributed by atoms with E-state index in [0.717, 1.165) is 5.69 Å². The lowest BCUT2D eigenvalue weighted by molar-refractivity contribution is -0.114. The number of anilines is 2. The van der Waals surface area contributed by atoms with Crippen molar-refractivity contribution in [1.82, 2.24) is 14.8 Å². The number of hydrogen-bond donors (Lipinski definition) is 1. The number of amides is 1. The molecule has 0 aliphatic carbocycles. The molecule has 0 fully saturated rings. The molecule has 1 aromatic heterocycles. The molecule has 0 atom stereocenters. The van der Waals surface area contributed by atoms with Crippen molar-refractivity contribution in [2.24, 2.45) is 0 Å². The molecule has 3 aromatic rings. The predicted molar refractivity (Wildman–Crippen MR) is 94.7 cm³/mol. The van der Waals surface area contributed by atoms with Crippen LogP contribution in [-0.4, -0.2) is 34.3 Å². The number of halogens is 1. The van der Waals surface area contributed by atoms with Gasteiger partial charge in [-0.2, -0.15) is 5.10 Å². The molecule has 6 nitrogen and oxygen atoms in total. The van der Waals surface area contributed by atoms with Gasteiger partial charge in [0.1, 0.15) is 12.7 Å². The van der Waals surface area contributed by atoms with Crippen LogP contribution in [-0.2, 0) is 4.79 Å². The number of nitrogens with zero attached hydrogens (tertiary/aromatic N) is 4. The van der Waals surface area contributed by atoms with Crippen LogP contribution in [0.5, 0.6) is 0 Å². The van der Waals surface area contributed by atoms with Gasteiger partial charge in [-0.1, -0.05) is 29.8 Å². The third-order valence-electron chi connectivity index (χ3n) is 3.48. The molecule has 1 amide bonds. The molecule has 7 heteroatoms. The van der Waals surface area contributed by atoms with Crippen molar-refractivity contribution >= 4 is 28.9 Å². The molecule has 0 unspecified atom stereocenters. The number of rotatable bonds is 5. The molecule has 0 radical (unpaired) electrons. The zero-order valence-electron chi connectivity index (χ0n) is 13.1. The predicted octanol–water partition coefficient (Wildman–Crippen LogP) is 3.00. The Morgan fingerprint density at radius 2 is 2.04 bits per heavy atom. The highest BCUT2D eigenvalue weighted by Gasteiger charge is 2.12. The molecule has 0 saturated carbocycles. The summed E-state index contributed by atoms with van der Waals surface area (Å²) in [6.45, 7) is 0.216. The largest absolute Gasteiger partial charge is 0.365 e. The minimum Gasteiger partial charge on any atom is -0.365 e. The van der Waals surface area contributed by atoms with Crippen molar-refractivity contribution in [3.05, 3.63) is 66.2 Å². The number of aromatic nitrogens is 3. The maximum absolute atomic E-state index is 12.4. The van der Waals surface area contributed by atoms with Crippen LogP contribution in [0.2, 0.25) is 5.02 Å². The molecule has 1 heterocycles. The van der Waals surface area contributed by atoms with Crippen LogP contribution >= 0.6 is 11.6 Å². The first kappa shape index (κ1) is 16.0. The molecule has 3 rings (SSSR count). The molecule has 122 valence electrons. The lowest BCUT2D eigenvalue weighted by Gasteiger charge is -2.19. The second-order valence-electron chi connectivity index (χ2n) is 5.24. The molecular formula is C17H16ClN5O. The molecule has 0 aliphatic rings. The van der Waals surface area contributed by atoms with Gasteiger partial charge in [0.15, 0.2) is 0 Å². The molecule has 0 saturated heterocycles. The van der Waals surface area contributed by atoms with Crippen molar-refractivity contribution in [3.63, 3.8) is 0 Å². The number of carbonyl (C=O) groups is 1. The number of carbonyl (C=O) groups excluding carboxylic acids is 1. The smallest absolute Gasteiger partial charge is 0.243 e. The Bertz CT molecular complexity index is 820. The van der Waals surface area contributed by atoms with Gasteiger partial charge in [-0.25, -0.2) is 9.67 Å². The van der Waals surface area contributed by atoms with Crippen molar-refractivity contribution in [2.45, 2.75) is 0 Å². The third-order valence-corrected chi connectivity index (χ3v) is 3.71. The molecule has 1 N–H and O–H groups in total. The Balaban J connectivity index is 1.76. The zero-order chi connectivity index (χ0) is 16.9. The SMILES string of the molecule is CN(CC(=O)Nc1cc(Cl)ccc1-n1cncn1)c1ccccc1. The van der Waals surface area contributed by atoms with Gasteiger partial charge in [0.05, 0.1) is 17.9 Å². The van der Waals surface area contributed by atoms with Gasteiger partial charge in [-0.3, -0.25) is 4.79 Å². The number of benzene rings is 2. The average molecular weight is 342 g/mol. The van der Waals surface area contributed by atoms with Gasteiger partial charge in [-0.15, -0.1) is 0 Å². The zero-order valence-corrected chi connectivity index (χ0v) is 13.8. The molecule has 24 heavy (non-hydrogen) atoms. The second kappa shape index (κ2) is 7.14. The normalized spacial score (nSPS) is 10.4. The van der Waals surface area contributed by atoms with E-state index in [1.54, 1.807) is 29.2 Å². The summed E-state index contributed by atoms with van der Waals surface area (Å²) >= 11 is 6.06. The van der Waals surface area contributed by atoms with Gasteiger partial charge in [0.25, 0.3) is 0 Å². The number of nitrogens with one attached hydrogen (secondary N) is 1. The Kier molecular flexibility index (Phi) is 4.77.